The van der Waals surface area contributed by atoms with Crippen LogP contribution in [0.2, 0.25) is 0 Å². The van der Waals surface area contributed by atoms with E-state index in [4.69, 9.17) is 9.47 Å². The predicted octanol–water partition coefficient (Wildman–Crippen LogP) is 4.04. The zero-order valence-electron chi connectivity index (χ0n) is 14.4. The third-order valence-corrected chi connectivity index (χ3v) is 3.76. The van der Waals surface area contributed by atoms with Crippen molar-refractivity contribution in [3.63, 3.8) is 0 Å². The van der Waals surface area contributed by atoms with Crippen LogP contribution in [0, 0.1) is 0 Å². The molecule has 6 heteroatoms. The van der Waals surface area contributed by atoms with Crippen LogP contribution in [0.5, 0.6) is 5.75 Å². The summed E-state index contributed by atoms with van der Waals surface area (Å²) < 4.78 is 15.0. The SMILES string of the molecule is COC(C)=O.COC=C(COc1ccccc1)C(C)c1cscn1. The normalized spacial score (nSPS) is 11.8. The van der Waals surface area contributed by atoms with Gasteiger partial charge in [0.1, 0.15) is 12.4 Å². The molecule has 0 radical (unpaired) electrons. The van der Waals surface area contributed by atoms with Gasteiger partial charge in [0, 0.05) is 23.8 Å². The first-order valence-electron chi connectivity index (χ1n) is 7.40. The first kappa shape index (κ1) is 19.7. The molecule has 130 valence electrons. The van der Waals surface area contributed by atoms with E-state index in [0.717, 1.165) is 17.0 Å². The number of thiazole rings is 1. The number of aromatic nitrogens is 1. The Bertz CT molecular complexity index is 611. The monoisotopic (exact) mass is 349 g/mol. The minimum absolute atomic E-state index is 0.190. The van der Waals surface area contributed by atoms with Crippen LogP contribution >= 0.6 is 11.3 Å². The van der Waals surface area contributed by atoms with Crippen molar-refractivity contribution in [2.24, 2.45) is 0 Å². The summed E-state index contributed by atoms with van der Waals surface area (Å²) in [6.07, 6.45) is 1.74. The standard InChI is InChI=1S/C15H17NO2S.C3H6O2/c1-12(15-10-19-11-16-15)13(8-17-2)9-18-14-6-4-3-5-7-14;1-3(4)5-2/h3-8,10-12H,9H2,1-2H3;1-2H3. The molecule has 1 unspecified atom stereocenters. The highest BCUT2D eigenvalue weighted by Gasteiger charge is 2.14. The lowest BCUT2D eigenvalue weighted by molar-refractivity contribution is -0.137. The van der Waals surface area contributed by atoms with Gasteiger partial charge in [-0.3, -0.25) is 4.79 Å². The second kappa shape index (κ2) is 11.2. The molecule has 1 atom stereocenters. The van der Waals surface area contributed by atoms with Gasteiger partial charge in [-0.25, -0.2) is 4.98 Å². The highest BCUT2D eigenvalue weighted by molar-refractivity contribution is 7.07. The van der Waals surface area contributed by atoms with Gasteiger partial charge in [0.15, 0.2) is 0 Å². The molecule has 0 fully saturated rings. The Morgan fingerprint density at radius 1 is 1.29 bits per heavy atom. The van der Waals surface area contributed by atoms with Gasteiger partial charge in [0.2, 0.25) is 0 Å². The average molecular weight is 349 g/mol. The largest absolute Gasteiger partial charge is 0.504 e. The van der Waals surface area contributed by atoms with E-state index in [2.05, 4.69) is 22.0 Å². The van der Waals surface area contributed by atoms with Crippen LogP contribution in [0.4, 0.5) is 0 Å². The maximum absolute atomic E-state index is 9.59. The van der Waals surface area contributed by atoms with Crippen molar-refractivity contribution >= 4 is 17.3 Å². The molecule has 1 aromatic carbocycles. The van der Waals surface area contributed by atoms with E-state index in [-0.39, 0.29) is 11.9 Å². The summed E-state index contributed by atoms with van der Waals surface area (Å²) in [6, 6.07) is 9.77. The maximum atomic E-state index is 9.59. The quantitative estimate of drug-likeness (QED) is 0.582. The molecule has 2 rings (SSSR count). The molecule has 0 amide bonds. The van der Waals surface area contributed by atoms with Gasteiger partial charge in [-0.2, -0.15) is 0 Å². The van der Waals surface area contributed by atoms with E-state index in [1.54, 1.807) is 24.7 Å². The maximum Gasteiger partial charge on any atom is 0.302 e. The van der Waals surface area contributed by atoms with E-state index in [1.165, 1.54) is 14.0 Å². The molecular weight excluding hydrogens is 326 g/mol. The van der Waals surface area contributed by atoms with Crippen LogP contribution in [-0.2, 0) is 14.3 Å². The Kier molecular flexibility index (Phi) is 9.23. The summed E-state index contributed by atoms with van der Waals surface area (Å²) in [4.78, 5) is 13.9. The third-order valence-electron chi connectivity index (χ3n) is 3.16. The summed E-state index contributed by atoms with van der Waals surface area (Å²) in [6.45, 7) is 3.96. The molecule has 0 bridgehead atoms. The molecule has 0 saturated heterocycles. The molecule has 5 nitrogen and oxygen atoms in total. The smallest absolute Gasteiger partial charge is 0.302 e. The third kappa shape index (κ3) is 7.28. The van der Waals surface area contributed by atoms with Crippen LogP contribution in [0.25, 0.3) is 0 Å². The minimum Gasteiger partial charge on any atom is -0.504 e. The number of nitrogens with zero attached hydrogens (tertiary/aromatic N) is 1. The first-order chi connectivity index (χ1) is 11.6. The van der Waals surface area contributed by atoms with E-state index in [1.807, 2.05) is 35.8 Å². The highest BCUT2D eigenvalue weighted by atomic mass is 32.1. The Hall–Kier alpha value is -2.34. The molecule has 0 spiro atoms. The Labute approximate surface area is 146 Å². The van der Waals surface area contributed by atoms with Crippen molar-refractivity contribution in [1.29, 1.82) is 0 Å². The number of hydrogen-bond donors (Lipinski definition) is 0. The van der Waals surface area contributed by atoms with Gasteiger partial charge in [-0.05, 0) is 12.1 Å². The molecule has 1 heterocycles. The minimum atomic E-state index is -0.245. The fourth-order valence-electron chi connectivity index (χ4n) is 1.72. The van der Waals surface area contributed by atoms with E-state index >= 15 is 0 Å². The number of esters is 1. The Morgan fingerprint density at radius 2 is 1.96 bits per heavy atom. The number of ether oxygens (including phenoxy) is 3. The average Bonchev–Trinajstić information content (AvgIpc) is 3.14. The second-order valence-electron chi connectivity index (χ2n) is 4.86. The summed E-state index contributed by atoms with van der Waals surface area (Å²) in [5.41, 5.74) is 3.95. The molecule has 0 aliphatic heterocycles. The molecule has 0 aliphatic rings. The number of benzene rings is 1. The zero-order chi connectivity index (χ0) is 17.8. The Balaban J connectivity index is 0.000000505. The number of rotatable bonds is 6. The lowest BCUT2D eigenvalue weighted by Crippen LogP contribution is -2.09. The fraction of sp³-hybridized carbons (Fsp3) is 0.333. The van der Waals surface area contributed by atoms with E-state index in [0.29, 0.717) is 6.61 Å². The van der Waals surface area contributed by atoms with Crippen LogP contribution in [0.3, 0.4) is 0 Å². The van der Waals surface area contributed by atoms with Crippen LogP contribution < -0.4 is 4.74 Å². The number of carbonyl (C=O) groups excluding carboxylic acids is 1. The van der Waals surface area contributed by atoms with Crippen molar-refractivity contribution in [2.45, 2.75) is 19.8 Å². The van der Waals surface area contributed by atoms with Crippen molar-refractivity contribution in [3.8, 4) is 5.75 Å². The van der Waals surface area contributed by atoms with Crippen LogP contribution in [0.15, 0.2) is 53.1 Å². The lowest BCUT2D eigenvalue weighted by Gasteiger charge is -2.15. The number of para-hydroxylation sites is 1. The second-order valence-corrected chi connectivity index (χ2v) is 5.58. The molecule has 0 N–H and O–H groups in total. The fourth-order valence-corrected chi connectivity index (χ4v) is 2.37. The van der Waals surface area contributed by atoms with Crippen molar-refractivity contribution < 1.29 is 19.0 Å². The molecule has 1 aromatic heterocycles. The highest BCUT2D eigenvalue weighted by Crippen LogP contribution is 2.24. The van der Waals surface area contributed by atoms with Gasteiger partial charge in [0.05, 0.1) is 31.7 Å². The van der Waals surface area contributed by atoms with Crippen LogP contribution in [0.1, 0.15) is 25.5 Å². The summed E-state index contributed by atoms with van der Waals surface area (Å²) in [7, 11) is 3.00. The topological polar surface area (TPSA) is 57.7 Å². The van der Waals surface area contributed by atoms with Crippen molar-refractivity contribution in [2.75, 3.05) is 20.8 Å². The number of methoxy groups -OCH3 is 2. The summed E-state index contributed by atoms with van der Waals surface area (Å²) >= 11 is 1.60. The van der Waals surface area contributed by atoms with E-state index < -0.39 is 0 Å². The van der Waals surface area contributed by atoms with Gasteiger partial charge in [-0.1, -0.05) is 25.1 Å². The Morgan fingerprint density at radius 3 is 2.46 bits per heavy atom. The molecule has 0 aliphatic carbocycles. The number of carbonyl (C=O) groups is 1. The van der Waals surface area contributed by atoms with Crippen molar-refractivity contribution in [3.05, 3.63) is 58.8 Å². The van der Waals surface area contributed by atoms with Gasteiger partial charge in [0.25, 0.3) is 0 Å². The molecule has 2 aromatic rings. The number of hydrogen-bond acceptors (Lipinski definition) is 6. The summed E-state index contributed by atoms with van der Waals surface area (Å²) in [5.74, 6) is 0.801. The predicted molar refractivity (Wildman–Crippen MR) is 95.2 cm³/mol. The lowest BCUT2D eigenvalue weighted by atomic mass is 10.0. The molecule has 0 saturated carbocycles. The van der Waals surface area contributed by atoms with Gasteiger partial charge in [-0.15, -0.1) is 11.3 Å². The first-order valence-corrected chi connectivity index (χ1v) is 8.35. The van der Waals surface area contributed by atoms with Crippen molar-refractivity contribution in [1.82, 2.24) is 4.98 Å². The molecule has 24 heavy (non-hydrogen) atoms. The summed E-state index contributed by atoms with van der Waals surface area (Å²) in [5, 5.41) is 2.05. The van der Waals surface area contributed by atoms with Crippen LogP contribution in [-0.4, -0.2) is 31.8 Å². The van der Waals surface area contributed by atoms with E-state index in [9.17, 15) is 4.79 Å². The van der Waals surface area contributed by atoms with Gasteiger partial charge >= 0.3 is 5.97 Å². The molecular formula is C18H23NO4S. The zero-order valence-corrected chi connectivity index (χ0v) is 15.2. The van der Waals surface area contributed by atoms with Gasteiger partial charge < -0.3 is 14.2 Å².